The van der Waals surface area contributed by atoms with Gasteiger partial charge in [0.05, 0.1) is 0 Å². The van der Waals surface area contributed by atoms with E-state index in [2.05, 4.69) is 15.4 Å². The number of hydrogen-bond donors (Lipinski definition) is 1. The number of hydrogen-bond acceptors (Lipinski definition) is 4. The fourth-order valence-corrected chi connectivity index (χ4v) is 2.37. The minimum Gasteiger partial charge on any atom is -0.476 e. The molecule has 1 aliphatic rings. The van der Waals surface area contributed by atoms with Gasteiger partial charge >= 0.3 is 0 Å². The molecule has 96 valence electrons. The van der Waals surface area contributed by atoms with Gasteiger partial charge in [-0.3, -0.25) is 0 Å². The van der Waals surface area contributed by atoms with Gasteiger partial charge in [0.25, 0.3) is 0 Å². The summed E-state index contributed by atoms with van der Waals surface area (Å²) >= 11 is 0. The van der Waals surface area contributed by atoms with Gasteiger partial charge in [-0.15, -0.1) is 0 Å². The second-order valence-electron chi connectivity index (χ2n) is 4.86. The minimum atomic E-state index is 0.456. The van der Waals surface area contributed by atoms with Crippen molar-refractivity contribution < 1.29 is 4.74 Å². The zero-order chi connectivity index (χ0) is 12.4. The highest BCUT2D eigenvalue weighted by Gasteiger charge is 2.14. The second kappa shape index (κ2) is 4.94. The minimum absolute atomic E-state index is 0.456. The largest absolute Gasteiger partial charge is 0.476 e. The smallest absolute Gasteiger partial charge is 0.216 e. The molecule has 1 N–H and O–H groups in total. The van der Waals surface area contributed by atoms with Crippen molar-refractivity contribution in [2.75, 3.05) is 13.2 Å². The summed E-state index contributed by atoms with van der Waals surface area (Å²) in [6.07, 6.45) is 5.30. The van der Waals surface area contributed by atoms with E-state index in [0.29, 0.717) is 12.6 Å². The molecule has 0 aliphatic carbocycles. The second-order valence-corrected chi connectivity index (χ2v) is 4.86. The molecule has 0 amide bonds. The number of aryl methyl sites for hydroxylation is 1. The highest BCUT2D eigenvalue weighted by atomic mass is 16.5. The molecule has 0 bridgehead atoms. The molecule has 5 nitrogen and oxygen atoms in total. The lowest BCUT2D eigenvalue weighted by molar-refractivity contribution is 0.227. The summed E-state index contributed by atoms with van der Waals surface area (Å²) in [5.74, 6) is 0.773. The van der Waals surface area contributed by atoms with Crippen molar-refractivity contribution in [2.24, 2.45) is 0 Å². The first-order chi connectivity index (χ1) is 8.83. The van der Waals surface area contributed by atoms with Crippen LogP contribution in [-0.2, 0) is 0 Å². The van der Waals surface area contributed by atoms with Crippen molar-refractivity contribution in [1.29, 1.82) is 0 Å². The number of nitrogens with zero attached hydrogens (tertiary/aromatic N) is 3. The van der Waals surface area contributed by atoms with Gasteiger partial charge < -0.3 is 10.1 Å². The Morgan fingerprint density at radius 1 is 1.44 bits per heavy atom. The number of nitrogens with one attached hydrogen (secondary N) is 1. The van der Waals surface area contributed by atoms with Gasteiger partial charge in [0.15, 0.2) is 5.65 Å². The van der Waals surface area contributed by atoms with Crippen LogP contribution in [0, 0.1) is 6.92 Å². The SMILES string of the molecule is Cc1cc(OCC2CCCCN2)n2ncnc2c1. The van der Waals surface area contributed by atoms with E-state index >= 15 is 0 Å². The van der Waals surface area contributed by atoms with Gasteiger partial charge in [0.1, 0.15) is 12.9 Å². The fourth-order valence-electron chi connectivity index (χ4n) is 2.37. The van der Waals surface area contributed by atoms with Crippen LogP contribution in [-0.4, -0.2) is 33.8 Å². The molecule has 0 spiro atoms. The number of pyridine rings is 1. The predicted molar refractivity (Wildman–Crippen MR) is 68.9 cm³/mol. The molecule has 0 radical (unpaired) electrons. The Labute approximate surface area is 106 Å². The van der Waals surface area contributed by atoms with Crippen molar-refractivity contribution in [3.05, 3.63) is 24.0 Å². The highest BCUT2D eigenvalue weighted by molar-refractivity contribution is 5.43. The number of rotatable bonds is 3. The summed E-state index contributed by atoms with van der Waals surface area (Å²) < 4.78 is 7.64. The third-order valence-corrected chi connectivity index (χ3v) is 3.34. The maximum absolute atomic E-state index is 5.90. The Kier molecular flexibility index (Phi) is 3.15. The molecule has 2 aromatic rings. The van der Waals surface area contributed by atoms with Gasteiger partial charge in [0, 0.05) is 12.1 Å². The molecule has 3 heterocycles. The Morgan fingerprint density at radius 3 is 3.22 bits per heavy atom. The van der Waals surface area contributed by atoms with E-state index in [1.807, 2.05) is 19.1 Å². The molecule has 1 aliphatic heterocycles. The van der Waals surface area contributed by atoms with Crippen LogP contribution in [0.4, 0.5) is 0 Å². The summed E-state index contributed by atoms with van der Waals surface area (Å²) in [7, 11) is 0. The molecule has 1 atom stereocenters. The molecule has 0 saturated carbocycles. The van der Waals surface area contributed by atoms with E-state index in [9.17, 15) is 0 Å². The average Bonchev–Trinajstić information content (AvgIpc) is 2.85. The van der Waals surface area contributed by atoms with Crippen molar-refractivity contribution in [3.8, 4) is 5.88 Å². The van der Waals surface area contributed by atoms with Crippen LogP contribution in [0.5, 0.6) is 5.88 Å². The van der Waals surface area contributed by atoms with Gasteiger partial charge in [-0.05, 0) is 37.9 Å². The Balaban J connectivity index is 1.75. The summed E-state index contributed by atoms with van der Waals surface area (Å²) in [5.41, 5.74) is 1.98. The van der Waals surface area contributed by atoms with Gasteiger partial charge in [-0.2, -0.15) is 9.61 Å². The van der Waals surface area contributed by atoms with Crippen molar-refractivity contribution in [3.63, 3.8) is 0 Å². The van der Waals surface area contributed by atoms with Crippen LogP contribution in [0.3, 0.4) is 0 Å². The monoisotopic (exact) mass is 246 g/mol. The Morgan fingerprint density at radius 2 is 2.39 bits per heavy atom. The summed E-state index contributed by atoms with van der Waals surface area (Å²) in [6, 6.07) is 4.46. The van der Waals surface area contributed by atoms with Gasteiger partial charge in [-0.1, -0.05) is 6.42 Å². The Hall–Kier alpha value is -1.62. The number of ether oxygens (including phenoxy) is 1. The average molecular weight is 246 g/mol. The van der Waals surface area contributed by atoms with Gasteiger partial charge in [0.2, 0.25) is 5.88 Å². The number of fused-ring (bicyclic) bond motifs is 1. The molecule has 5 heteroatoms. The summed E-state index contributed by atoms with van der Waals surface area (Å²) in [4.78, 5) is 4.19. The first-order valence-corrected chi connectivity index (χ1v) is 6.49. The lowest BCUT2D eigenvalue weighted by Gasteiger charge is -2.23. The molecule has 3 rings (SSSR count). The topological polar surface area (TPSA) is 51.5 Å². The van der Waals surface area contributed by atoms with E-state index in [-0.39, 0.29) is 0 Å². The van der Waals surface area contributed by atoms with Crippen LogP contribution in [0.25, 0.3) is 5.65 Å². The zero-order valence-corrected chi connectivity index (χ0v) is 10.6. The predicted octanol–water partition coefficient (Wildman–Crippen LogP) is 1.56. The molecule has 1 fully saturated rings. The van der Waals surface area contributed by atoms with Crippen molar-refractivity contribution in [1.82, 2.24) is 19.9 Å². The van der Waals surface area contributed by atoms with Crippen molar-refractivity contribution >= 4 is 5.65 Å². The number of piperidine rings is 1. The molecular weight excluding hydrogens is 228 g/mol. The molecule has 1 unspecified atom stereocenters. The fraction of sp³-hybridized carbons (Fsp3) is 0.538. The normalized spacial score (nSPS) is 20.2. The molecule has 1 saturated heterocycles. The molecule has 18 heavy (non-hydrogen) atoms. The van der Waals surface area contributed by atoms with E-state index in [1.165, 1.54) is 19.3 Å². The third-order valence-electron chi connectivity index (χ3n) is 3.34. The summed E-state index contributed by atoms with van der Waals surface area (Å²) in [6.45, 7) is 3.83. The molecular formula is C13H18N4O. The maximum Gasteiger partial charge on any atom is 0.216 e. The summed E-state index contributed by atoms with van der Waals surface area (Å²) in [5, 5.41) is 7.66. The Bertz CT molecular complexity index is 531. The number of aromatic nitrogens is 3. The molecule has 0 aromatic carbocycles. The van der Waals surface area contributed by atoms with E-state index in [0.717, 1.165) is 23.6 Å². The van der Waals surface area contributed by atoms with E-state index in [4.69, 9.17) is 4.74 Å². The first-order valence-electron chi connectivity index (χ1n) is 6.49. The standard InChI is InChI=1S/C13H18N4O/c1-10-6-12-15-9-16-17(12)13(7-10)18-8-11-4-2-3-5-14-11/h6-7,9,11,14H,2-5,8H2,1H3. The van der Waals surface area contributed by atoms with Crippen LogP contribution in [0.1, 0.15) is 24.8 Å². The van der Waals surface area contributed by atoms with Crippen LogP contribution >= 0.6 is 0 Å². The first kappa shape index (κ1) is 11.5. The quantitative estimate of drug-likeness (QED) is 0.893. The maximum atomic E-state index is 5.90. The molecule has 2 aromatic heterocycles. The highest BCUT2D eigenvalue weighted by Crippen LogP contribution is 2.16. The van der Waals surface area contributed by atoms with Gasteiger partial charge in [-0.25, -0.2) is 4.98 Å². The van der Waals surface area contributed by atoms with Crippen molar-refractivity contribution in [2.45, 2.75) is 32.2 Å². The third kappa shape index (κ3) is 2.31. The van der Waals surface area contributed by atoms with E-state index < -0.39 is 0 Å². The lowest BCUT2D eigenvalue weighted by atomic mass is 10.1. The zero-order valence-electron chi connectivity index (χ0n) is 10.6. The van der Waals surface area contributed by atoms with E-state index in [1.54, 1.807) is 10.8 Å². The lowest BCUT2D eigenvalue weighted by Crippen LogP contribution is -2.38. The van der Waals surface area contributed by atoms with Crippen LogP contribution < -0.4 is 10.1 Å². The van der Waals surface area contributed by atoms with Crippen LogP contribution in [0.2, 0.25) is 0 Å². The van der Waals surface area contributed by atoms with Crippen LogP contribution in [0.15, 0.2) is 18.5 Å².